The van der Waals surface area contributed by atoms with Crippen LogP contribution in [0.4, 0.5) is 0 Å². The molecule has 12 heteroatoms. The van der Waals surface area contributed by atoms with Crippen LogP contribution < -0.4 is 4.80 Å². The van der Waals surface area contributed by atoms with Gasteiger partial charge in [-0.05, 0) is 49.4 Å². The molecule has 0 saturated carbocycles. The van der Waals surface area contributed by atoms with E-state index in [-0.39, 0.29) is 15.4 Å². The van der Waals surface area contributed by atoms with Crippen molar-refractivity contribution in [2.75, 3.05) is 33.6 Å². The second kappa shape index (κ2) is 9.85. The van der Waals surface area contributed by atoms with Crippen molar-refractivity contribution in [3.8, 4) is 0 Å². The topological polar surface area (TPSA) is 115 Å². The highest BCUT2D eigenvalue weighted by Crippen LogP contribution is 2.22. The summed E-state index contributed by atoms with van der Waals surface area (Å²) in [6, 6.07) is 10.4. The van der Waals surface area contributed by atoms with Crippen molar-refractivity contribution in [2.45, 2.75) is 23.3 Å². The van der Waals surface area contributed by atoms with Crippen LogP contribution in [0.5, 0.6) is 0 Å². The number of hydrogen-bond acceptors (Lipinski definition) is 7. The molecule has 0 aliphatic heterocycles. The third kappa shape index (κ3) is 5.58. The fourth-order valence-electron chi connectivity index (χ4n) is 3.02. The monoisotopic (exact) mass is 511 g/mol. The molecular formula is C21H25N3O6S3. The predicted octanol–water partition coefficient (Wildman–Crippen LogP) is 2.13. The molecule has 1 aromatic heterocycles. The molecule has 33 heavy (non-hydrogen) atoms. The molecular weight excluding hydrogens is 486 g/mol. The first-order valence-electron chi connectivity index (χ1n) is 9.98. The first-order chi connectivity index (χ1) is 15.4. The number of nitrogens with zero attached hydrogens (tertiary/aromatic N) is 3. The number of hydrogen-bond donors (Lipinski definition) is 0. The first-order valence-corrected chi connectivity index (χ1v) is 14.1. The van der Waals surface area contributed by atoms with Crippen LogP contribution >= 0.6 is 11.3 Å². The van der Waals surface area contributed by atoms with Crippen molar-refractivity contribution in [2.24, 2.45) is 4.99 Å². The Labute approximate surface area is 196 Å². The van der Waals surface area contributed by atoms with Crippen molar-refractivity contribution in [3.63, 3.8) is 0 Å². The number of sulfonamides is 1. The Kier molecular flexibility index (Phi) is 7.54. The molecule has 0 radical (unpaired) electrons. The second-order valence-electron chi connectivity index (χ2n) is 7.36. The van der Waals surface area contributed by atoms with Crippen LogP contribution in [0.25, 0.3) is 10.2 Å². The molecule has 2 aromatic carbocycles. The SMILES string of the molecule is CCOCCn1c(=NC(=O)c2ccc(S(=O)(=O)N(C)C)cc2)sc2cc(S(C)(=O)=O)ccc21. The molecule has 0 atom stereocenters. The summed E-state index contributed by atoms with van der Waals surface area (Å²) in [4.78, 5) is 17.7. The van der Waals surface area contributed by atoms with E-state index in [9.17, 15) is 21.6 Å². The predicted molar refractivity (Wildman–Crippen MR) is 127 cm³/mol. The molecule has 0 saturated heterocycles. The molecule has 3 rings (SSSR count). The van der Waals surface area contributed by atoms with Crippen LogP contribution in [0.3, 0.4) is 0 Å². The highest BCUT2D eigenvalue weighted by molar-refractivity contribution is 7.90. The number of thiazole rings is 1. The standard InChI is InChI=1S/C21H25N3O6S3/c1-5-30-13-12-24-18-11-10-17(32(4,26)27)14-19(18)31-21(24)22-20(25)15-6-8-16(9-7-15)33(28,29)23(2)3/h6-11,14H,5,12-13H2,1-4H3. The number of benzene rings is 2. The summed E-state index contributed by atoms with van der Waals surface area (Å²) >= 11 is 1.20. The maximum Gasteiger partial charge on any atom is 0.279 e. The zero-order valence-electron chi connectivity index (χ0n) is 18.7. The molecule has 0 N–H and O–H groups in total. The third-order valence-electron chi connectivity index (χ3n) is 4.82. The normalized spacial score (nSPS) is 13.2. The summed E-state index contributed by atoms with van der Waals surface area (Å²) in [5, 5.41) is 0. The lowest BCUT2D eigenvalue weighted by Gasteiger charge is -2.11. The highest BCUT2D eigenvalue weighted by Gasteiger charge is 2.18. The van der Waals surface area contributed by atoms with E-state index in [1.807, 2.05) is 11.5 Å². The Bertz CT molecular complexity index is 1450. The van der Waals surface area contributed by atoms with Crippen LogP contribution in [-0.4, -0.2) is 65.2 Å². The Balaban J connectivity index is 2.05. The first kappa shape index (κ1) is 25.2. The lowest BCUT2D eigenvalue weighted by molar-refractivity contribution is 0.0996. The Morgan fingerprint density at radius 1 is 1.06 bits per heavy atom. The van der Waals surface area contributed by atoms with Gasteiger partial charge in [0, 0.05) is 39.1 Å². The van der Waals surface area contributed by atoms with Gasteiger partial charge in [0.2, 0.25) is 10.0 Å². The molecule has 0 aliphatic carbocycles. The maximum atomic E-state index is 12.8. The van der Waals surface area contributed by atoms with Crippen LogP contribution in [0, 0.1) is 0 Å². The minimum atomic E-state index is -3.60. The summed E-state index contributed by atoms with van der Waals surface area (Å²) in [6.45, 7) is 3.24. The van der Waals surface area contributed by atoms with E-state index in [4.69, 9.17) is 4.74 Å². The van der Waals surface area contributed by atoms with Crippen molar-refractivity contribution in [3.05, 3.63) is 52.8 Å². The van der Waals surface area contributed by atoms with Gasteiger partial charge in [-0.25, -0.2) is 21.1 Å². The van der Waals surface area contributed by atoms with Gasteiger partial charge in [-0.15, -0.1) is 0 Å². The van der Waals surface area contributed by atoms with Crippen molar-refractivity contribution < 1.29 is 26.4 Å². The molecule has 178 valence electrons. The minimum Gasteiger partial charge on any atom is -0.380 e. The van der Waals surface area contributed by atoms with Gasteiger partial charge in [0.25, 0.3) is 5.91 Å². The zero-order valence-corrected chi connectivity index (χ0v) is 21.1. The highest BCUT2D eigenvalue weighted by atomic mass is 32.2. The van der Waals surface area contributed by atoms with Crippen LogP contribution in [-0.2, 0) is 31.1 Å². The molecule has 0 fully saturated rings. The lowest BCUT2D eigenvalue weighted by Crippen LogP contribution is -2.22. The summed E-state index contributed by atoms with van der Waals surface area (Å²) in [5.74, 6) is -0.538. The number of carbonyl (C=O) groups is 1. The van der Waals surface area contributed by atoms with E-state index in [1.165, 1.54) is 55.8 Å². The number of aromatic nitrogens is 1. The average molecular weight is 512 g/mol. The van der Waals surface area contributed by atoms with Gasteiger partial charge in [-0.1, -0.05) is 11.3 Å². The average Bonchev–Trinajstić information content (AvgIpc) is 3.09. The number of amides is 1. The van der Waals surface area contributed by atoms with Gasteiger partial charge >= 0.3 is 0 Å². The Morgan fingerprint density at radius 2 is 1.70 bits per heavy atom. The Morgan fingerprint density at radius 3 is 2.27 bits per heavy atom. The minimum absolute atomic E-state index is 0.0750. The zero-order chi connectivity index (χ0) is 24.4. The molecule has 1 amide bonds. The quantitative estimate of drug-likeness (QED) is 0.428. The fourth-order valence-corrected chi connectivity index (χ4v) is 5.73. The molecule has 1 heterocycles. The fraction of sp³-hybridized carbons (Fsp3) is 0.333. The van der Waals surface area contributed by atoms with Crippen molar-refractivity contribution in [1.82, 2.24) is 8.87 Å². The summed E-state index contributed by atoms with van der Waals surface area (Å²) < 4.78 is 57.4. The molecule has 9 nitrogen and oxygen atoms in total. The summed E-state index contributed by atoms with van der Waals surface area (Å²) in [6.07, 6.45) is 1.14. The van der Waals surface area contributed by atoms with Gasteiger partial charge in [0.05, 0.1) is 26.6 Å². The van der Waals surface area contributed by atoms with Crippen LogP contribution in [0.15, 0.2) is 57.2 Å². The smallest absolute Gasteiger partial charge is 0.279 e. The van der Waals surface area contributed by atoms with Crippen LogP contribution in [0.2, 0.25) is 0 Å². The second-order valence-corrected chi connectivity index (χ2v) is 12.5. The lowest BCUT2D eigenvalue weighted by atomic mass is 10.2. The van der Waals surface area contributed by atoms with E-state index in [2.05, 4.69) is 4.99 Å². The van der Waals surface area contributed by atoms with Crippen molar-refractivity contribution >= 4 is 47.3 Å². The molecule has 0 aliphatic rings. The number of fused-ring (bicyclic) bond motifs is 1. The largest absolute Gasteiger partial charge is 0.380 e. The van der Waals surface area contributed by atoms with E-state index in [0.717, 1.165) is 16.1 Å². The summed E-state index contributed by atoms with van der Waals surface area (Å²) in [5.41, 5.74) is 0.976. The van der Waals surface area contributed by atoms with Gasteiger partial charge in [0.1, 0.15) is 0 Å². The van der Waals surface area contributed by atoms with Gasteiger partial charge in [-0.2, -0.15) is 4.99 Å². The van der Waals surface area contributed by atoms with Crippen molar-refractivity contribution in [1.29, 1.82) is 0 Å². The number of sulfone groups is 1. The maximum absolute atomic E-state index is 12.8. The van der Waals surface area contributed by atoms with E-state index in [0.29, 0.717) is 29.3 Å². The number of rotatable bonds is 8. The van der Waals surface area contributed by atoms with Crippen LogP contribution in [0.1, 0.15) is 17.3 Å². The number of ether oxygens (including phenoxy) is 1. The van der Waals surface area contributed by atoms with Gasteiger partial charge < -0.3 is 9.30 Å². The summed E-state index contributed by atoms with van der Waals surface area (Å²) in [7, 11) is -4.13. The molecule has 0 unspecified atom stereocenters. The number of carbonyl (C=O) groups excluding carboxylic acids is 1. The van der Waals surface area contributed by atoms with E-state index < -0.39 is 25.8 Å². The Hall–Kier alpha value is -2.38. The van der Waals surface area contributed by atoms with Gasteiger partial charge in [0.15, 0.2) is 14.6 Å². The molecule has 0 spiro atoms. The molecule has 3 aromatic rings. The van der Waals surface area contributed by atoms with Gasteiger partial charge in [-0.3, -0.25) is 4.79 Å². The molecule has 0 bridgehead atoms. The third-order valence-corrected chi connectivity index (χ3v) is 8.80. The van der Waals surface area contributed by atoms with E-state index >= 15 is 0 Å². The van der Waals surface area contributed by atoms with E-state index in [1.54, 1.807) is 12.1 Å².